The van der Waals surface area contributed by atoms with Crippen molar-refractivity contribution in [2.75, 3.05) is 0 Å². The standard InChI is InChI=1S/C14H17NO2/c1-3-4-5-6-14(16)17-15-11-13-9-7-12(2)8-10-13/h3-10,15H,11H2,1-2H3/q+1/p+1/b4-3-,6-5-. The largest absolute Gasteiger partial charge is 0.662 e. The van der Waals surface area contributed by atoms with Gasteiger partial charge in [-0.2, -0.15) is 0 Å². The van der Waals surface area contributed by atoms with Crippen molar-refractivity contribution < 1.29 is 15.1 Å². The highest BCUT2D eigenvalue weighted by Gasteiger charge is 2.15. The van der Waals surface area contributed by atoms with E-state index in [9.17, 15) is 4.79 Å². The van der Waals surface area contributed by atoms with Gasteiger partial charge in [-0.15, -0.1) is 0 Å². The van der Waals surface area contributed by atoms with Crippen LogP contribution < -0.4 is 5.48 Å². The second kappa shape index (κ2) is 7.41. The second-order valence-corrected chi connectivity index (χ2v) is 3.68. The fraction of sp³-hybridized carbons (Fsp3) is 0.214. The van der Waals surface area contributed by atoms with Gasteiger partial charge in [-0.05, 0) is 19.9 Å². The molecule has 3 nitrogen and oxygen atoms in total. The lowest BCUT2D eigenvalue weighted by Crippen LogP contribution is -2.82. The van der Waals surface area contributed by atoms with E-state index in [1.165, 1.54) is 17.1 Å². The molecule has 0 heterocycles. The number of benzene rings is 1. The van der Waals surface area contributed by atoms with Crippen LogP contribution in [0.15, 0.2) is 48.6 Å². The van der Waals surface area contributed by atoms with Crippen LogP contribution in [0.25, 0.3) is 0 Å². The maximum absolute atomic E-state index is 11.2. The summed E-state index contributed by atoms with van der Waals surface area (Å²) in [4.78, 5) is 16.1. The van der Waals surface area contributed by atoms with Gasteiger partial charge in [0.1, 0.15) is 6.08 Å². The Morgan fingerprint density at radius 1 is 1.29 bits per heavy atom. The van der Waals surface area contributed by atoms with Gasteiger partial charge in [0.25, 0.3) is 0 Å². The van der Waals surface area contributed by atoms with Gasteiger partial charge in [0.15, 0.2) is 6.54 Å². The minimum Gasteiger partial charge on any atom is -0.0877 e. The molecule has 0 bridgehead atoms. The molecule has 0 aliphatic rings. The van der Waals surface area contributed by atoms with Crippen molar-refractivity contribution in [3.05, 3.63) is 59.7 Å². The lowest BCUT2D eigenvalue weighted by Gasteiger charge is -1.95. The molecule has 0 atom stereocenters. The molecule has 0 amide bonds. The number of hydrogen-bond donors (Lipinski definition) is 1. The Hall–Kier alpha value is -1.87. The smallest absolute Gasteiger partial charge is 0.0877 e. The average molecular weight is 232 g/mol. The van der Waals surface area contributed by atoms with Gasteiger partial charge in [-0.3, -0.25) is 0 Å². The summed E-state index contributed by atoms with van der Waals surface area (Å²) in [7, 11) is 0. The summed E-state index contributed by atoms with van der Waals surface area (Å²) in [6.07, 6.45) is 6.68. The molecule has 1 aromatic carbocycles. The van der Waals surface area contributed by atoms with E-state index in [1.54, 1.807) is 12.2 Å². The number of hydrogen-bond acceptors (Lipinski definition) is 2. The van der Waals surface area contributed by atoms with E-state index in [4.69, 9.17) is 4.84 Å². The first kappa shape index (κ1) is 13.2. The molecule has 1 radical (unpaired) electrons. The first-order valence-electron chi connectivity index (χ1n) is 5.59. The lowest BCUT2D eigenvalue weighted by molar-refractivity contribution is -0.884. The summed E-state index contributed by atoms with van der Waals surface area (Å²) in [5, 5.41) is 0. The van der Waals surface area contributed by atoms with E-state index in [1.807, 2.05) is 44.2 Å². The van der Waals surface area contributed by atoms with Crippen LogP contribution in [0, 0.1) is 6.92 Å². The highest BCUT2D eigenvalue weighted by atomic mass is 16.7. The summed E-state index contributed by atoms with van der Waals surface area (Å²) >= 11 is 0. The minimum absolute atomic E-state index is 0.352. The van der Waals surface area contributed by atoms with Gasteiger partial charge in [0.05, 0.1) is 4.79 Å². The number of carbonyl (C=O) groups excluding carboxylic acids is 1. The Labute approximate surface area is 102 Å². The van der Waals surface area contributed by atoms with Crippen molar-refractivity contribution >= 4 is 5.97 Å². The zero-order chi connectivity index (χ0) is 12.5. The van der Waals surface area contributed by atoms with E-state index in [-0.39, 0.29) is 5.97 Å². The van der Waals surface area contributed by atoms with Gasteiger partial charge >= 0.3 is 5.97 Å². The van der Waals surface area contributed by atoms with Crippen molar-refractivity contribution in [1.82, 2.24) is 0 Å². The molecule has 0 aliphatic carbocycles. The Bertz CT molecular complexity index is 405. The van der Waals surface area contributed by atoms with E-state index in [0.717, 1.165) is 5.56 Å². The Kier molecular flexibility index (Phi) is 5.75. The Morgan fingerprint density at radius 3 is 2.65 bits per heavy atom. The van der Waals surface area contributed by atoms with Crippen molar-refractivity contribution in [3.8, 4) is 0 Å². The summed E-state index contributed by atoms with van der Waals surface area (Å²) in [6, 6.07) is 8.12. The van der Waals surface area contributed by atoms with Crippen molar-refractivity contribution in [1.29, 1.82) is 0 Å². The number of carbonyl (C=O) groups is 1. The summed E-state index contributed by atoms with van der Waals surface area (Å²) in [6.45, 7) is 4.56. The molecule has 1 aromatic rings. The van der Waals surface area contributed by atoms with E-state index in [0.29, 0.717) is 6.54 Å². The highest BCUT2D eigenvalue weighted by molar-refractivity contribution is 5.81. The predicted octanol–water partition coefficient (Wildman–Crippen LogP) is 1.65. The molecule has 0 aliphatic heterocycles. The van der Waals surface area contributed by atoms with E-state index < -0.39 is 0 Å². The molecular weight excluding hydrogens is 214 g/mol. The van der Waals surface area contributed by atoms with Gasteiger partial charge < -0.3 is 0 Å². The van der Waals surface area contributed by atoms with Crippen LogP contribution in [0.1, 0.15) is 18.1 Å². The summed E-state index contributed by atoms with van der Waals surface area (Å²) in [5.41, 5.74) is 3.87. The summed E-state index contributed by atoms with van der Waals surface area (Å²) in [5.74, 6) is -0.352. The fourth-order valence-electron chi connectivity index (χ4n) is 1.23. The molecule has 0 aromatic heterocycles. The molecule has 0 unspecified atom stereocenters. The normalized spacial score (nSPS) is 11.2. The van der Waals surface area contributed by atoms with Crippen molar-refractivity contribution in [3.63, 3.8) is 0 Å². The van der Waals surface area contributed by atoms with Crippen LogP contribution in [0.5, 0.6) is 0 Å². The van der Waals surface area contributed by atoms with Crippen LogP contribution in [0.2, 0.25) is 0 Å². The highest BCUT2D eigenvalue weighted by Crippen LogP contribution is 2.00. The molecule has 0 fully saturated rings. The van der Waals surface area contributed by atoms with Crippen LogP contribution in [-0.4, -0.2) is 5.97 Å². The van der Waals surface area contributed by atoms with E-state index in [2.05, 4.69) is 0 Å². The zero-order valence-corrected chi connectivity index (χ0v) is 10.2. The number of quaternary nitrogens is 1. The molecule has 17 heavy (non-hydrogen) atoms. The minimum atomic E-state index is -0.352. The molecular formula is C14H18NO2+2. The first-order chi connectivity index (χ1) is 8.22. The third kappa shape index (κ3) is 5.68. The number of allylic oxidation sites excluding steroid dienone is 3. The molecule has 0 saturated heterocycles. The predicted molar refractivity (Wildman–Crippen MR) is 66.9 cm³/mol. The maximum Gasteiger partial charge on any atom is 0.662 e. The second-order valence-electron chi connectivity index (χ2n) is 3.68. The number of aryl methyl sites for hydroxylation is 1. The third-order valence-electron chi connectivity index (χ3n) is 2.17. The average Bonchev–Trinajstić information content (AvgIpc) is 2.32. The molecule has 89 valence electrons. The number of nitrogens with two attached hydrogens (primary N) is 1. The van der Waals surface area contributed by atoms with Crippen LogP contribution in [0.3, 0.4) is 0 Å². The Morgan fingerprint density at radius 2 is 2.00 bits per heavy atom. The SMILES string of the molecule is C/C=C\C=C/C(=[O+])O[NH2+]Cc1ccc(C)cc1. The van der Waals surface area contributed by atoms with Gasteiger partial charge in [0, 0.05) is 5.56 Å². The monoisotopic (exact) mass is 232 g/mol. The fourth-order valence-corrected chi connectivity index (χ4v) is 1.23. The third-order valence-corrected chi connectivity index (χ3v) is 2.17. The van der Waals surface area contributed by atoms with Gasteiger partial charge in [-0.1, -0.05) is 52.3 Å². The van der Waals surface area contributed by atoms with E-state index >= 15 is 0 Å². The number of rotatable bonds is 5. The number of hydroxylamine groups is 1. The maximum atomic E-state index is 11.2. The van der Waals surface area contributed by atoms with Crippen LogP contribution in [-0.2, 0) is 16.2 Å². The Balaban J connectivity index is 2.28. The van der Waals surface area contributed by atoms with Crippen LogP contribution in [0.4, 0.5) is 0 Å². The lowest BCUT2D eigenvalue weighted by atomic mass is 10.2. The van der Waals surface area contributed by atoms with Gasteiger partial charge in [-0.25, -0.2) is 0 Å². The zero-order valence-electron chi connectivity index (χ0n) is 10.2. The molecule has 1 rings (SSSR count). The molecule has 0 spiro atoms. The van der Waals surface area contributed by atoms with Gasteiger partial charge in [0.2, 0.25) is 0 Å². The molecule has 2 N–H and O–H groups in total. The van der Waals surface area contributed by atoms with Crippen molar-refractivity contribution in [2.45, 2.75) is 20.4 Å². The molecule has 0 saturated carbocycles. The molecule has 3 heteroatoms. The quantitative estimate of drug-likeness (QED) is 0.363. The van der Waals surface area contributed by atoms with Crippen LogP contribution >= 0.6 is 0 Å². The summed E-state index contributed by atoms with van der Waals surface area (Å²) < 4.78 is 0. The van der Waals surface area contributed by atoms with Crippen molar-refractivity contribution in [2.24, 2.45) is 0 Å². The first-order valence-corrected chi connectivity index (χ1v) is 5.59. The topological polar surface area (TPSA) is 45.7 Å².